The van der Waals surface area contributed by atoms with Gasteiger partial charge in [0, 0.05) is 10.7 Å². The molecule has 1 amide bonds. The minimum atomic E-state index is -0.610. The van der Waals surface area contributed by atoms with E-state index >= 15 is 0 Å². The van der Waals surface area contributed by atoms with Gasteiger partial charge < -0.3 is 15.4 Å². The smallest absolute Gasteiger partial charge is 0.311 e. The fourth-order valence-electron chi connectivity index (χ4n) is 2.50. The molecule has 0 radical (unpaired) electrons. The molecule has 3 rings (SSSR count). The normalized spacial score (nSPS) is 12.7. The number of thioether (sulfide) groups is 1. The van der Waals surface area contributed by atoms with Crippen LogP contribution >= 0.6 is 23.4 Å². The van der Waals surface area contributed by atoms with Crippen LogP contribution in [0.15, 0.2) is 59.2 Å². The van der Waals surface area contributed by atoms with Crippen molar-refractivity contribution < 1.29 is 18.7 Å². The van der Waals surface area contributed by atoms with E-state index in [4.69, 9.17) is 16.3 Å². The quantitative estimate of drug-likeness (QED) is 0.665. The summed E-state index contributed by atoms with van der Waals surface area (Å²) in [7, 11) is 1.32. The molecule has 0 saturated carbocycles. The number of carbonyl (C=O) groups is 2. The maximum atomic E-state index is 13.8. The third-order valence-corrected chi connectivity index (χ3v) is 4.99. The molecule has 2 aromatic carbocycles. The molecule has 150 valence electrons. The molecule has 0 saturated heterocycles. The zero-order valence-corrected chi connectivity index (χ0v) is 16.9. The Morgan fingerprint density at radius 2 is 2.07 bits per heavy atom. The summed E-state index contributed by atoms with van der Waals surface area (Å²) in [5.74, 6) is -1.40. The molecule has 1 aliphatic rings. The first-order chi connectivity index (χ1) is 13.9. The van der Waals surface area contributed by atoms with Gasteiger partial charge in [-0.05, 0) is 36.4 Å². The van der Waals surface area contributed by atoms with Crippen LogP contribution in [0.2, 0.25) is 5.02 Å². The van der Waals surface area contributed by atoms with E-state index < -0.39 is 17.7 Å². The standard InChI is InChI=1S/C20H17ClFN3O3S/c1-28-20(27)10-13-9-19(25-17-5-3-2-4-16(17)23-13)29-11-18(26)24-15-7-6-12(21)8-14(15)22/h2-9,23H,10-11H2,1H3,(H,24,26). The molecule has 1 aliphatic heterocycles. The molecular weight excluding hydrogens is 417 g/mol. The molecule has 0 fully saturated rings. The zero-order valence-electron chi connectivity index (χ0n) is 15.4. The molecule has 0 bridgehead atoms. The van der Waals surface area contributed by atoms with Crippen molar-refractivity contribution in [3.8, 4) is 0 Å². The third-order valence-electron chi connectivity index (χ3n) is 3.85. The van der Waals surface area contributed by atoms with Crippen molar-refractivity contribution in [3.63, 3.8) is 0 Å². The van der Waals surface area contributed by atoms with Crippen LogP contribution in [0.5, 0.6) is 0 Å². The van der Waals surface area contributed by atoms with E-state index in [1.807, 2.05) is 24.3 Å². The second-order valence-corrected chi connectivity index (χ2v) is 7.41. The van der Waals surface area contributed by atoms with Crippen LogP contribution < -0.4 is 10.6 Å². The van der Waals surface area contributed by atoms with Crippen molar-refractivity contribution >= 4 is 57.3 Å². The minimum absolute atomic E-state index is 0.00503. The number of anilines is 2. The van der Waals surface area contributed by atoms with Gasteiger partial charge in [-0.15, -0.1) is 0 Å². The van der Waals surface area contributed by atoms with Crippen molar-refractivity contribution in [2.75, 3.05) is 23.5 Å². The van der Waals surface area contributed by atoms with Crippen molar-refractivity contribution in [1.29, 1.82) is 0 Å². The molecule has 0 spiro atoms. The monoisotopic (exact) mass is 433 g/mol. The number of methoxy groups -OCH3 is 1. The average Bonchev–Trinajstić information content (AvgIpc) is 2.87. The highest BCUT2D eigenvalue weighted by molar-refractivity contribution is 8.14. The number of para-hydroxylation sites is 2. The first-order valence-corrected chi connectivity index (χ1v) is 9.91. The lowest BCUT2D eigenvalue weighted by Crippen LogP contribution is -2.16. The van der Waals surface area contributed by atoms with E-state index in [0.717, 1.165) is 11.8 Å². The number of hydrogen-bond donors (Lipinski definition) is 2. The Morgan fingerprint density at radius 3 is 2.83 bits per heavy atom. The Labute approximate surface area is 176 Å². The maximum Gasteiger partial charge on any atom is 0.311 e. The number of rotatable bonds is 5. The molecule has 9 heteroatoms. The molecule has 6 nitrogen and oxygen atoms in total. The topological polar surface area (TPSA) is 79.8 Å². The van der Waals surface area contributed by atoms with Gasteiger partial charge >= 0.3 is 5.97 Å². The van der Waals surface area contributed by atoms with E-state index in [0.29, 0.717) is 16.4 Å². The number of halogens is 2. The van der Waals surface area contributed by atoms with Gasteiger partial charge in [-0.3, -0.25) is 9.59 Å². The number of carbonyl (C=O) groups excluding carboxylic acids is 2. The van der Waals surface area contributed by atoms with Gasteiger partial charge in [-0.1, -0.05) is 35.5 Å². The summed E-state index contributed by atoms with van der Waals surface area (Å²) in [5.41, 5.74) is 2.06. The van der Waals surface area contributed by atoms with Crippen LogP contribution in [0.4, 0.5) is 21.5 Å². The van der Waals surface area contributed by atoms with Crippen molar-refractivity contribution in [2.24, 2.45) is 4.99 Å². The van der Waals surface area contributed by atoms with Gasteiger partial charge in [0.05, 0.1) is 41.4 Å². The molecular formula is C20H17ClFN3O3S. The van der Waals surface area contributed by atoms with E-state index in [2.05, 4.69) is 15.6 Å². The molecule has 0 unspecified atom stereocenters. The average molecular weight is 434 g/mol. The third kappa shape index (κ3) is 5.82. The summed E-state index contributed by atoms with van der Waals surface area (Å²) in [4.78, 5) is 28.5. The van der Waals surface area contributed by atoms with Crippen LogP contribution in [-0.4, -0.2) is 29.8 Å². The lowest BCUT2D eigenvalue weighted by atomic mass is 10.2. The summed E-state index contributed by atoms with van der Waals surface area (Å²) in [6.07, 6.45) is 1.73. The van der Waals surface area contributed by atoms with Gasteiger partial charge in [0.15, 0.2) is 0 Å². The van der Waals surface area contributed by atoms with Gasteiger partial charge in [-0.25, -0.2) is 9.38 Å². The van der Waals surface area contributed by atoms with E-state index in [-0.39, 0.29) is 22.9 Å². The summed E-state index contributed by atoms with van der Waals surface area (Å²) < 4.78 is 18.6. The number of aliphatic imine (C=N–C) groups is 1. The highest BCUT2D eigenvalue weighted by Crippen LogP contribution is 2.31. The molecule has 2 N–H and O–H groups in total. The summed E-state index contributed by atoms with van der Waals surface area (Å²) in [5, 5.41) is 6.45. The second kappa shape index (κ2) is 9.58. The predicted molar refractivity (Wildman–Crippen MR) is 114 cm³/mol. The first kappa shape index (κ1) is 20.9. The van der Waals surface area contributed by atoms with E-state index in [1.54, 1.807) is 6.08 Å². The molecule has 29 heavy (non-hydrogen) atoms. The van der Waals surface area contributed by atoms with Crippen LogP contribution in [0, 0.1) is 5.82 Å². The van der Waals surface area contributed by atoms with Crippen LogP contribution in [0.25, 0.3) is 0 Å². The van der Waals surface area contributed by atoms with E-state index in [9.17, 15) is 14.0 Å². The lowest BCUT2D eigenvalue weighted by molar-refractivity contribution is -0.139. The largest absolute Gasteiger partial charge is 0.469 e. The van der Waals surface area contributed by atoms with Gasteiger partial charge in [-0.2, -0.15) is 0 Å². The molecule has 0 aromatic heterocycles. The number of amides is 1. The Bertz CT molecular complexity index is 1010. The van der Waals surface area contributed by atoms with E-state index in [1.165, 1.54) is 31.0 Å². The molecule has 0 aliphatic carbocycles. The number of esters is 1. The minimum Gasteiger partial charge on any atom is -0.469 e. The van der Waals surface area contributed by atoms with Gasteiger partial charge in [0.2, 0.25) is 5.91 Å². The van der Waals surface area contributed by atoms with Crippen molar-refractivity contribution in [3.05, 3.63) is 65.1 Å². The summed E-state index contributed by atoms with van der Waals surface area (Å²) in [6.45, 7) is 0. The van der Waals surface area contributed by atoms with Crippen molar-refractivity contribution in [1.82, 2.24) is 0 Å². The fraction of sp³-hybridized carbons (Fsp3) is 0.150. The van der Waals surface area contributed by atoms with Gasteiger partial charge in [0.25, 0.3) is 0 Å². The number of ether oxygens (including phenoxy) is 1. The first-order valence-electron chi connectivity index (χ1n) is 8.54. The second-order valence-electron chi connectivity index (χ2n) is 5.98. The van der Waals surface area contributed by atoms with Crippen LogP contribution in [-0.2, 0) is 14.3 Å². The predicted octanol–water partition coefficient (Wildman–Crippen LogP) is 4.75. The van der Waals surface area contributed by atoms with Crippen LogP contribution in [0.3, 0.4) is 0 Å². The highest BCUT2D eigenvalue weighted by atomic mass is 35.5. The number of nitrogens with one attached hydrogen (secondary N) is 2. The SMILES string of the molecule is COC(=O)CC1=CC(SCC(=O)Nc2ccc(Cl)cc2F)=Nc2ccccc2N1. The lowest BCUT2D eigenvalue weighted by Gasteiger charge is -2.09. The Hall–Kier alpha value is -2.84. The number of benzene rings is 2. The number of fused-ring (bicyclic) bond motifs is 1. The fourth-order valence-corrected chi connectivity index (χ4v) is 3.40. The van der Waals surface area contributed by atoms with Gasteiger partial charge in [0.1, 0.15) is 5.82 Å². The maximum absolute atomic E-state index is 13.8. The Balaban J connectivity index is 1.73. The summed E-state index contributed by atoms with van der Waals surface area (Å²) >= 11 is 6.89. The Kier molecular flexibility index (Phi) is 6.90. The van der Waals surface area contributed by atoms with Crippen LogP contribution in [0.1, 0.15) is 6.42 Å². The van der Waals surface area contributed by atoms with Crippen molar-refractivity contribution in [2.45, 2.75) is 6.42 Å². The molecule has 1 heterocycles. The summed E-state index contributed by atoms with van der Waals surface area (Å²) in [6, 6.07) is 11.4. The number of nitrogens with zero attached hydrogens (tertiary/aromatic N) is 1. The molecule has 2 aromatic rings. The highest BCUT2D eigenvalue weighted by Gasteiger charge is 2.15. The Morgan fingerprint density at radius 1 is 1.28 bits per heavy atom. The number of hydrogen-bond acceptors (Lipinski definition) is 6. The molecule has 0 atom stereocenters. The zero-order chi connectivity index (χ0) is 20.8.